The largest absolute Gasteiger partial charge is 0.392 e. The molecule has 0 spiro atoms. The number of hydrogen-bond donors (Lipinski definition) is 2. The molecule has 112 valence electrons. The summed E-state index contributed by atoms with van der Waals surface area (Å²) in [7, 11) is 0. The summed E-state index contributed by atoms with van der Waals surface area (Å²) in [6.07, 6.45) is 6.43. The van der Waals surface area contributed by atoms with Gasteiger partial charge in [0.1, 0.15) is 5.82 Å². The molecule has 0 radical (unpaired) electrons. The molecule has 2 atom stereocenters. The Morgan fingerprint density at radius 1 is 1.35 bits per heavy atom. The van der Waals surface area contributed by atoms with Crippen LogP contribution in [0.5, 0.6) is 0 Å². The van der Waals surface area contributed by atoms with E-state index in [4.69, 9.17) is 17.3 Å². The van der Waals surface area contributed by atoms with Crippen LogP contribution in [0, 0.1) is 11.7 Å². The smallest absolute Gasteiger partial charge is 0.124 e. The van der Waals surface area contributed by atoms with E-state index in [0.717, 1.165) is 24.3 Å². The zero-order chi connectivity index (χ0) is 14.5. The summed E-state index contributed by atoms with van der Waals surface area (Å²) >= 11 is 6.07. The standard InChI is InChI=1S/C16H23ClFNO/c17-15-9-12(18)6-7-13(15)14(10-19)16(20)8-5-11-3-1-2-4-11/h6-7,9,11,14,16,20H,1-5,8,10,19H2. The molecule has 2 unspecified atom stereocenters. The summed E-state index contributed by atoms with van der Waals surface area (Å²) in [5, 5.41) is 10.7. The van der Waals surface area contributed by atoms with Gasteiger partial charge in [0.05, 0.1) is 6.10 Å². The number of rotatable bonds is 6. The predicted octanol–water partition coefficient (Wildman–Crippen LogP) is 3.85. The van der Waals surface area contributed by atoms with Gasteiger partial charge in [-0.25, -0.2) is 4.39 Å². The number of aliphatic hydroxyl groups excluding tert-OH is 1. The topological polar surface area (TPSA) is 46.2 Å². The third-order valence-electron chi connectivity index (χ3n) is 4.43. The highest BCUT2D eigenvalue weighted by molar-refractivity contribution is 6.31. The molecular formula is C16H23ClFNO. The van der Waals surface area contributed by atoms with E-state index < -0.39 is 6.10 Å². The van der Waals surface area contributed by atoms with Gasteiger partial charge in [-0.1, -0.05) is 43.4 Å². The summed E-state index contributed by atoms with van der Waals surface area (Å²) in [6, 6.07) is 4.28. The molecule has 0 aromatic heterocycles. The molecule has 1 saturated carbocycles. The Morgan fingerprint density at radius 2 is 2.05 bits per heavy atom. The van der Waals surface area contributed by atoms with E-state index in [0.29, 0.717) is 11.6 Å². The zero-order valence-electron chi connectivity index (χ0n) is 11.7. The fourth-order valence-corrected chi connectivity index (χ4v) is 3.51. The van der Waals surface area contributed by atoms with E-state index in [-0.39, 0.29) is 11.7 Å². The lowest BCUT2D eigenvalue weighted by Crippen LogP contribution is -2.26. The van der Waals surface area contributed by atoms with Gasteiger partial charge in [-0.3, -0.25) is 0 Å². The van der Waals surface area contributed by atoms with Crippen molar-refractivity contribution in [2.45, 2.75) is 50.5 Å². The lowest BCUT2D eigenvalue weighted by Gasteiger charge is -2.24. The van der Waals surface area contributed by atoms with E-state index in [9.17, 15) is 9.50 Å². The van der Waals surface area contributed by atoms with Gasteiger partial charge in [0.25, 0.3) is 0 Å². The monoisotopic (exact) mass is 299 g/mol. The Balaban J connectivity index is 1.98. The summed E-state index contributed by atoms with van der Waals surface area (Å²) in [5.74, 6) is 0.159. The van der Waals surface area contributed by atoms with E-state index in [2.05, 4.69) is 0 Å². The maximum absolute atomic E-state index is 13.1. The molecule has 1 aliphatic carbocycles. The van der Waals surface area contributed by atoms with Crippen molar-refractivity contribution in [1.29, 1.82) is 0 Å². The number of nitrogens with two attached hydrogens (primary N) is 1. The van der Waals surface area contributed by atoms with Crippen molar-refractivity contribution in [3.05, 3.63) is 34.6 Å². The van der Waals surface area contributed by atoms with Crippen molar-refractivity contribution in [2.75, 3.05) is 6.54 Å². The van der Waals surface area contributed by atoms with E-state index in [1.807, 2.05) is 0 Å². The van der Waals surface area contributed by atoms with Crippen LogP contribution >= 0.6 is 11.6 Å². The predicted molar refractivity (Wildman–Crippen MR) is 80.4 cm³/mol. The van der Waals surface area contributed by atoms with Gasteiger partial charge in [0.15, 0.2) is 0 Å². The van der Waals surface area contributed by atoms with Gasteiger partial charge in [-0.15, -0.1) is 0 Å². The highest BCUT2D eigenvalue weighted by Crippen LogP contribution is 2.33. The van der Waals surface area contributed by atoms with Crippen molar-refractivity contribution in [2.24, 2.45) is 11.7 Å². The second-order valence-corrected chi connectivity index (χ2v) is 6.21. The molecule has 1 aliphatic rings. The van der Waals surface area contributed by atoms with Gasteiger partial charge in [0, 0.05) is 17.5 Å². The minimum atomic E-state index is -0.511. The van der Waals surface area contributed by atoms with Crippen LogP contribution in [0.2, 0.25) is 5.02 Å². The minimum absolute atomic E-state index is 0.218. The number of aliphatic hydroxyl groups is 1. The number of benzene rings is 1. The molecule has 1 aromatic rings. The summed E-state index contributed by atoms with van der Waals surface area (Å²) in [5.41, 5.74) is 6.53. The van der Waals surface area contributed by atoms with Crippen LogP contribution < -0.4 is 5.73 Å². The van der Waals surface area contributed by atoms with Crippen molar-refractivity contribution in [3.8, 4) is 0 Å². The summed E-state index contributed by atoms with van der Waals surface area (Å²) in [6.45, 7) is 0.317. The van der Waals surface area contributed by atoms with Gasteiger partial charge in [-0.05, 0) is 36.5 Å². The van der Waals surface area contributed by atoms with Crippen molar-refractivity contribution in [1.82, 2.24) is 0 Å². The molecule has 3 N–H and O–H groups in total. The van der Waals surface area contributed by atoms with Crippen LogP contribution in [0.15, 0.2) is 18.2 Å². The first-order valence-electron chi connectivity index (χ1n) is 7.45. The van der Waals surface area contributed by atoms with Gasteiger partial charge < -0.3 is 10.8 Å². The third-order valence-corrected chi connectivity index (χ3v) is 4.75. The lowest BCUT2D eigenvalue weighted by atomic mass is 9.88. The lowest BCUT2D eigenvalue weighted by molar-refractivity contribution is 0.127. The first-order valence-corrected chi connectivity index (χ1v) is 7.82. The Hall–Kier alpha value is -0.640. The highest BCUT2D eigenvalue weighted by atomic mass is 35.5. The van der Waals surface area contributed by atoms with Crippen LogP contribution in [0.25, 0.3) is 0 Å². The second kappa shape index (κ2) is 7.39. The first-order chi connectivity index (χ1) is 9.61. The van der Waals surface area contributed by atoms with E-state index >= 15 is 0 Å². The molecule has 1 aromatic carbocycles. The number of hydrogen-bond acceptors (Lipinski definition) is 2. The summed E-state index contributed by atoms with van der Waals surface area (Å²) in [4.78, 5) is 0. The van der Waals surface area contributed by atoms with Crippen LogP contribution in [-0.4, -0.2) is 17.8 Å². The molecule has 0 saturated heterocycles. The molecule has 1 fully saturated rings. The van der Waals surface area contributed by atoms with Crippen LogP contribution in [-0.2, 0) is 0 Å². The third kappa shape index (κ3) is 3.94. The Labute approximate surface area is 125 Å². The molecule has 0 bridgehead atoms. The normalized spacial score (nSPS) is 19.2. The average molecular weight is 300 g/mol. The zero-order valence-corrected chi connectivity index (χ0v) is 12.5. The maximum atomic E-state index is 13.1. The molecule has 4 heteroatoms. The maximum Gasteiger partial charge on any atom is 0.124 e. The van der Waals surface area contributed by atoms with E-state index in [1.165, 1.54) is 37.8 Å². The Bertz CT molecular complexity index is 434. The van der Waals surface area contributed by atoms with Crippen molar-refractivity contribution < 1.29 is 9.50 Å². The van der Waals surface area contributed by atoms with Crippen LogP contribution in [0.4, 0.5) is 4.39 Å². The first kappa shape index (κ1) is 15.7. The quantitative estimate of drug-likeness (QED) is 0.838. The fourth-order valence-electron chi connectivity index (χ4n) is 3.20. The number of halogens is 2. The molecule has 2 nitrogen and oxygen atoms in total. The highest BCUT2D eigenvalue weighted by Gasteiger charge is 2.24. The second-order valence-electron chi connectivity index (χ2n) is 5.80. The fraction of sp³-hybridized carbons (Fsp3) is 0.625. The minimum Gasteiger partial charge on any atom is -0.392 e. The Kier molecular flexibility index (Phi) is 5.82. The van der Waals surface area contributed by atoms with Crippen LogP contribution in [0.3, 0.4) is 0 Å². The average Bonchev–Trinajstić information content (AvgIpc) is 2.93. The Morgan fingerprint density at radius 3 is 2.65 bits per heavy atom. The molecule has 0 heterocycles. The molecule has 20 heavy (non-hydrogen) atoms. The van der Waals surface area contributed by atoms with Crippen LogP contribution in [0.1, 0.15) is 50.0 Å². The van der Waals surface area contributed by atoms with E-state index in [1.54, 1.807) is 6.07 Å². The van der Waals surface area contributed by atoms with Crippen molar-refractivity contribution in [3.63, 3.8) is 0 Å². The van der Waals surface area contributed by atoms with Gasteiger partial charge in [0.2, 0.25) is 0 Å². The van der Waals surface area contributed by atoms with Gasteiger partial charge in [-0.2, -0.15) is 0 Å². The summed E-state index contributed by atoms with van der Waals surface area (Å²) < 4.78 is 13.1. The van der Waals surface area contributed by atoms with Crippen molar-refractivity contribution >= 4 is 11.6 Å². The molecular weight excluding hydrogens is 277 g/mol. The molecule has 2 rings (SSSR count). The SMILES string of the molecule is NCC(c1ccc(F)cc1Cl)C(O)CCC1CCCC1. The molecule has 0 aliphatic heterocycles. The molecule has 0 amide bonds. The van der Waals surface area contributed by atoms with Gasteiger partial charge >= 0.3 is 0 Å².